The summed E-state index contributed by atoms with van der Waals surface area (Å²) in [7, 11) is -3.77. The second kappa shape index (κ2) is 6.45. The van der Waals surface area contributed by atoms with E-state index < -0.39 is 47.7 Å². The van der Waals surface area contributed by atoms with Crippen LogP contribution in [0.5, 0.6) is 0 Å². The minimum Gasteiger partial charge on any atom is -0.394 e. The van der Waals surface area contributed by atoms with Crippen LogP contribution >= 0.6 is 0 Å². The van der Waals surface area contributed by atoms with E-state index >= 15 is 0 Å². The van der Waals surface area contributed by atoms with Crippen LogP contribution in [0, 0.1) is 0 Å². The number of hydrogen-bond donors (Lipinski definition) is 5. The molecule has 0 aliphatic rings. The fourth-order valence-electron chi connectivity index (χ4n) is 0.855. The maximum Gasteiger partial charge on any atom is 0.264 e. The summed E-state index contributed by atoms with van der Waals surface area (Å²) in [6.07, 6.45) is -6.22. The first-order valence-electron chi connectivity index (χ1n) is 4.36. The minimum absolute atomic E-state index is 0.755. The Morgan fingerprint density at radius 1 is 1.06 bits per heavy atom. The molecule has 0 rings (SSSR count). The quantitative estimate of drug-likeness (QED) is 0.295. The molecule has 0 amide bonds. The molecule has 0 radical (unpaired) electrons. The average molecular weight is 260 g/mol. The van der Waals surface area contributed by atoms with Gasteiger partial charge in [0, 0.05) is 0 Å². The van der Waals surface area contributed by atoms with E-state index in [0.717, 1.165) is 6.26 Å². The van der Waals surface area contributed by atoms with E-state index in [0.29, 0.717) is 0 Å². The van der Waals surface area contributed by atoms with Crippen molar-refractivity contribution >= 4 is 10.1 Å². The molecule has 0 aromatic rings. The van der Waals surface area contributed by atoms with Gasteiger partial charge in [0.05, 0.1) is 19.5 Å². The molecule has 8 nitrogen and oxygen atoms in total. The van der Waals surface area contributed by atoms with Gasteiger partial charge >= 0.3 is 0 Å². The fourth-order valence-corrected chi connectivity index (χ4v) is 1.24. The van der Waals surface area contributed by atoms with Gasteiger partial charge in [0.1, 0.15) is 24.4 Å². The number of aliphatic hydroxyl groups excluding tert-OH is 5. The smallest absolute Gasteiger partial charge is 0.264 e. The lowest BCUT2D eigenvalue weighted by Crippen LogP contribution is -2.47. The first-order chi connectivity index (χ1) is 7.19. The van der Waals surface area contributed by atoms with Gasteiger partial charge < -0.3 is 25.5 Å². The number of rotatable bonds is 7. The van der Waals surface area contributed by atoms with Crippen LogP contribution in [0.4, 0.5) is 0 Å². The van der Waals surface area contributed by atoms with Crippen molar-refractivity contribution in [3.8, 4) is 0 Å². The van der Waals surface area contributed by atoms with Gasteiger partial charge in [0.25, 0.3) is 10.1 Å². The highest BCUT2D eigenvalue weighted by Gasteiger charge is 2.30. The van der Waals surface area contributed by atoms with E-state index in [2.05, 4.69) is 4.18 Å². The zero-order chi connectivity index (χ0) is 12.9. The molecule has 9 heteroatoms. The molecule has 0 bridgehead atoms. The summed E-state index contributed by atoms with van der Waals surface area (Å²) in [5.74, 6) is 0. The normalized spacial score (nSPS) is 20.1. The van der Waals surface area contributed by atoms with Crippen molar-refractivity contribution in [1.29, 1.82) is 0 Å². The molecule has 0 fully saturated rings. The Balaban J connectivity index is 4.22. The summed E-state index contributed by atoms with van der Waals surface area (Å²) in [5.41, 5.74) is 0. The topological polar surface area (TPSA) is 145 Å². The molecule has 0 aliphatic heterocycles. The zero-order valence-corrected chi connectivity index (χ0v) is 9.41. The maximum absolute atomic E-state index is 10.6. The molecule has 4 atom stereocenters. The van der Waals surface area contributed by atoms with Gasteiger partial charge in [0.2, 0.25) is 0 Å². The van der Waals surface area contributed by atoms with Crippen LogP contribution in [-0.4, -0.2) is 77.8 Å². The Bertz CT molecular complexity index is 289. The van der Waals surface area contributed by atoms with E-state index in [9.17, 15) is 18.6 Å². The molecular formula is C7H16O8S. The van der Waals surface area contributed by atoms with Crippen molar-refractivity contribution in [1.82, 2.24) is 0 Å². The highest BCUT2D eigenvalue weighted by Crippen LogP contribution is 2.06. The Morgan fingerprint density at radius 3 is 1.88 bits per heavy atom. The Labute approximate surface area is 92.8 Å². The van der Waals surface area contributed by atoms with E-state index in [1.54, 1.807) is 0 Å². The molecule has 98 valence electrons. The summed E-state index contributed by atoms with van der Waals surface area (Å²) >= 11 is 0. The summed E-state index contributed by atoms with van der Waals surface area (Å²) in [6.45, 7) is -1.56. The van der Waals surface area contributed by atoms with Crippen molar-refractivity contribution in [3.05, 3.63) is 0 Å². The lowest BCUT2D eigenvalue weighted by atomic mass is 10.0. The monoisotopic (exact) mass is 260 g/mol. The zero-order valence-electron chi connectivity index (χ0n) is 8.59. The van der Waals surface area contributed by atoms with E-state index in [4.69, 9.17) is 15.3 Å². The summed E-state index contributed by atoms with van der Waals surface area (Å²) in [5, 5.41) is 45.0. The number of hydrogen-bond acceptors (Lipinski definition) is 8. The molecule has 0 spiro atoms. The molecular weight excluding hydrogens is 244 g/mol. The van der Waals surface area contributed by atoms with Crippen LogP contribution in [-0.2, 0) is 14.3 Å². The summed E-state index contributed by atoms with van der Waals surface area (Å²) < 4.78 is 25.3. The molecule has 0 heterocycles. The van der Waals surface area contributed by atoms with Gasteiger partial charge in [0.15, 0.2) is 0 Å². The molecule has 0 aromatic heterocycles. The van der Waals surface area contributed by atoms with Crippen molar-refractivity contribution < 1.29 is 38.1 Å². The Hall–Kier alpha value is -0.290. The van der Waals surface area contributed by atoms with Crippen molar-refractivity contribution in [2.24, 2.45) is 0 Å². The van der Waals surface area contributed by atoms with Crippen LogP contribution in [0.2, 0.25) is 0 Å². The molecule has 0 aromatic carbocycles. The third-order valence-electron chi connectivity index (χ3n) is 1.78. The first kappa shape index (κ1) is 15.7. The molecule has 0 unspecified atom stereocenters. The standard InChI is InChI=1S/C7H16O8S/c1-16(13,14)15-3-5(10)7(12)6(11)4(9)2-8/h4-12H,2-3H2,1H3/t4-,5-,6-,7-/m1/s1. The summed E-state index contributed by atoms with van der Waals surface area (Å²) in [4.78, 5) is 0. The van der Waals surface area contributed by atoms with E-state index in [1.807, 2.05) is 0 Å². The van der Waals surface area contributed by atoms with Gasteiger partial charge in [-0.2, -0.15) is 8.42 Å². The summed E-state index contributed by atoms with van der Waals surface area (Å²) in [6, 6.07) is 0. The van der Waals surface area contributed by atoms with Crippen LogP contribution in [0.3, 0.4) is 0 Å². The maximum atomic E-state index is 10.6. The van der Waals surface area contributed by atoms with Gasteiger partial charge in [-0.25, -0.2) is 0 Å². The van der Waals surface area contributed by atoms with Gasteiger partial charge in [-0.05, 0) is 0 Å². The van der Waals surface area contributed by atoms with Gasteiger partial charge in [-0.3, -0.25) is 4.18 Å². The second-order valence-electron chi connectivity index (χ2n) is 3.29. The third kappa shape index (κ3) is 5.70. The Morgan fingerprint density at radius 2 is 1.50 bits per heavy atom. The van der Waals surface area contributed by atoms with Crippen molar-refractivity contribution in [3.63, 3.8) is 0 Å². The highest BCUT2D eigenvalue weighted by molar-refractivity contribution is 7.85. The SMILES string of the molecule is CS(=O)(=O)OC[C@@H](O)[C@@H](O)[C@H](O)[C@H](O)CO. The van der Waals surface area contributed by atoms with Gasteiger partial charge in [-0.1, -0.05) is 0 Å². The van der Waals surface area contributed by atoms with E-state index in [1.165, 1.54) is 0 Å². The molecule has 0 saturated heterocycles. The molecule has 0 aliphatic carbocycles. The van der Waals surface area contributed by atoms with Gasteiger partial charge in [-0.15, -0.1) is 0 Å². The lowest BCUT2D eigenvalue weighted by Gasteiger charge is -2.25. The average Bonchev–Trinajstić information content (AvgIpc) is 2.21. The highest BCUT2D eigenvalue weighted by atomic mass is 32.2. The van der Waals surface area contributed by atoms with E-state index in [-0.39, 0.29) is 0 Å². The molecule has 5 N–H and O–H groups in total. The fraction of sp³-hybridized carbons (Fsp3) is 1.00. The van der Waals surface area contributed by atoms with Crippen LogP contribution in [0.15, 0.2) is 0 Å². The predicted octanol–water partition coefficient (Wildman–Crippen LogP) is -3.60. The van der Waals surface area contributed by atoms with Crippen molar-refractivity contribution in [2.75, 3.05) is 19.5 Å². The minimum atomic E-state index is -3.77. The number of aliphatic hydroxyl groups is 5. The van der Waals surface area contributed by atoms with Crippen molar-refractivity contribution in [2.45, 2.75) is 24.4 Å². The Kier molecular flexibility index (Phi) is 6.33. The largest absolute Gasteiger partial charge is 0.394 e. The first-order valence-corrected chi connectivity index (χ1v) is 6.18. The predicted molar refractivity (Wildman–Crippen MR) is 51.9 cm³/mol. The molecule has 0 saturated carbocycles. The van der Waals surface area contributed by atoms with Crippen LogP contribution in [0.1, 0.15) is 0 Å². The lowest BCUT2D eigenvalue weighted by molar-refractivity contribution is -0.121. The van der Waals surface area contributed by atoms with Crippen LogP contribution < -0.4 is 0 Å². The molecule has 16 heavy (non-hydrogen) atoms. The second-order valence-corrected chi connectivity index (χ2v) is 4.93. The third-order valence-corrected chi connectivity index (χ3v) is 2.34. The van der Waals surface area contributed by atoms with Crippen LogP contribution in [0.25, 0.3) is 0 Å².